The minimum absolute atomic E-state index is 0.171. The fourth-order valence-corrected chi connectivity index (χ4v) is 2.36. The topological polar surface area (TPSA) is 55.0 Å². The van der Waals surface area contributed by atoms with E-state index in [4.69, 9.17) is 10.00 Å². The van der Waals surface area contributed by atoms with Gasteiger partial charge in [0.1, 0.15) is 17.4 Å². The number of ether oxygens (including phenoxy) is 1. The molecule has 2 rings (SSSR count). The maximum Gasteiger partial charge on any atom is 0.268 e. The molecule has 1 aromatic heterocycles. The first kappa shape index (κ1) is 15.8. The number of hydrogen-bond acceptors (Lipinski definition) is 3. The summed E-state index contributed by atoms with van der Waals surface area (Å²) < 4.78 is 7.45. The molecule has 2 aromatic rings. The summed E-state index contributed by atoms with van der Waals surface area (Å²) in [5, 5.41) is 9.06. The summed E-state index contributed by atoms with van der Waals surface area (Å²) in [4.78, 5) is 12.4. The average Bonchev–Trinajstić information content (AvgIpc) is 2.55. The molecule has 0 atom stereocenters. The molecule has 0 bridgehead atoms. The number of para-hydroxylation sites is 1. The summed E-state index contributed by atoms with van der Waals surface area (Å²) in [6.45, 7) is 5.27. The first-order valence-electron chi connectivity index (χ1n) is 7.59. The van der Waals surface area contributed by atoms with E-state index < -0.39 is 0 Å². The minimum Gasteiger partial charge on any atom is -0.493 e. The van der Waals surface area contributed by atoms with Gasteiger partial charge in [0.05, 0.1) is 12.3 Å². The third-order valence-electron chi connectivity index (χ3n) is 3.37. The third kappa shape index (κ3) is 3.20. The number of nitrogens with zero attached hydrogens (tertiary/aromatic N) is 2. The van der Waals surface area contributed by atoms with Crippen molar-refractivity contribution in [2.75, 3.05) is 6.61 Å². The minimum atomic E-state index is -0.243. The Hall–Kier alpha value is -2.54. The fourth-order valence-electron chi connectivity index (χ4n) is 2.36. The highest BCUT2D eigenvalue weighted by Crippen LogP contribution is 2.29. The molecule has 0 fully saturated rings. The standard InChI is InChI=1S/C18H20N2O2/c1-3-11-20-16(10-9-14(13-19)18(20)21)15-7-5-6-8-17(15)22-12-4-2/h5-10H,3-4,11-12H2,1-2H3. The van der Waals surface area contributed by atoms with Crippen LogP contribution < -0.4 is 10.3 Å². The molecule has 0 saturated carbocycles. The van der Waals surface area contributed by atoms with Crippen LogP contribution in [0.15, 0.2) is 41.2 Å². The van der Waals surface area contributed by atoms with Gasteiger partial charge in [-0.05, 0) is 37.1 Å². The number of pyridine rings is 1. The summed E-state index contributed by atoms with van der Waals surface area (Å²) in [6.07, 6.45) is 1.74. The molecule has 0 N–H and O–H groups in total. The Balaban J connectivity index is 2.60. The van der Waals surface area contributed by atoms with Crippen molar-refractivity contribution in [3.05, 3.63) is 52.3 Å². The average molecular weight is 296 g/mol. The highest BCUT2D eigenvalue weighted by atomic mass is 16.5. The molecule has 1 heterocycles. The molecule has 0 unspecified atom stereocenters. The quantitative estimate of drug-likeness (QED) is 0.818. The van der Waals surface area contributed by atoms with Crippen molar-refractivity contribution in [1.29, 1.82) is 5.26 Å². The highest BCUT2D eigenvalue weighted by Gasteiger charge is 2.13. The van der Waals surface area contributed by atoms with E-state index in [1.807, 2.05) is 43.3 Å². The molecule has 1 aromatic carbocycles. The van der Waals surface area contributed by atoms with E-state index in [-0.39, 0.29) is 11.1 Å². The van der Waals surface area contributed by atoms with Gasteiger partial charge in [0, 0.05) is 12.1 Å². The monoisotopic (exact) mass is 296 g/mol. The second kappa shape index (κ2) is 7.46. The summed E-state index contributed by atoms with van der Waals surface area (Å²) in [6, 6.07) is 13.1. The fraction of sp³-hybridized carbons (Fsp3) is 0.333. The summed E-state index contributed by atoms with van der Waals surface area (Å²) >= 11 is 0. The van der Waals surface area contributed by atoms with Crippen molar-refractivity contribution >= 4 is 0 Å². The van der Waals surface area contributed by atoms with Crippen LogP contribution in [0.2, 0.25) is 0 Å². The lowest BCUT2D eigenvalue weighted by atomic mass is 10.1. The van der Waals surface area contributed by atoms with E-state index in [9.17, 15) is 4.79 Å². The van der Waals surface area contributed by atoms with E-state index in [2.05, 4.69) is 6.92 Å². The number of nitriles is 1. The van der Waals surface area contributed by atoms with E-state index >= 15 is 0 Å². The highest BCUT2D eigenvalue weighted by molar-refractivity contribution is 5.68. The van der Waals surface area contributed by atoms with Crippen LogP contribution in [0, 0.1) is 11.3 Å². The van der Waals surface area contributed by atoms with Gasteiger partial charge in [-0.3, -0.25) is 4.79 Å². The third-order valence-corrected chi connectivity index (χ3v) is 3.37. The van der Waals surface area contributed by atoms with Crippen molar-refractivity contribution in [2.45, 2.75) is 33.2 Å². The number of rotatable bonds is 6. The predicted octanol–water partition coefficient (Wildman–Crippen LogP) is 3.59. The first-order chi connectivity index (χ1) is 10.7. The summed E-state index contributed by atoms with van der Waals surface area (Å²) in [5.41, 5.74) is 1.60. The zero-order chi connectivity index (χ0) is 15.9. The predicted molar refractivity (Wildman–Crippen MR) is 86.9 cm³/mol. The molecule has 0 spiro atoms. The van der Waals surface area contributed by atoms with Gasteiger partial charge >= 0.3 is 0 Å². The van der Waals surface area contributed by atoms with Crippen LogP contribution in [0.5, 0.6) is 5.75 Å². The molecule has 114 valence electrons. The lowest BCUT2D eigenvalue weighted by Gasteiger charge is -2.16. The van der Waals surface area contributed by atoms with Gasteiger partial charge in [-0.15, -0.1) is 0 Å². The Kier molecular flexibility index (Phi) is 5.37. The van der Waals surface area contributed by atoms with Gasteiger partial charge in [0.2, 0.25) is 0 Å². The van der Waals surface area contributed by atoms with Gasteiger partial charge in [-0.1, -0.05) is 26.0 Å². The zero-order valence-corrected chi connectivity index (χ0v) is 13.0. The van der Waals surface area contributed by atoms with E-state index in [0.717, 1.165) is 29.8 Å². The lowest BCUT2D eigenvalue weighted by molar-refractivity contribution is 0.318. The number of hydrogen-bond donors (Lipinski definition) is 0. The van der Waals surface area contributed by atoms with E-state index in [1.54, 1.807) is 10.6 Å². The van der Waals surface area contributed by atoms with Crippen LogP contribution in [0.3, 0.4) is 0 Å². The molecule has 0 aliphatic rings. The normalized spacial score (nSPS) is 10.2. The van der Waals surface area contributed by atoms with E-state index in [1.165, 1.54) is 0 Å². The van der Waals surface area contributed by atoms with Crippen LogP contribution in [-0.4, -0.2) is 11.2 Å². The van der Waals surface area contributed by atoms with Gasteiger partial charge in [0.15, 0.2) is 0 Å². The van der Waals surface area contributed by atoms with Crippen LogP contribution in [0.1, 0.15) is 32.3 Å². The van der Waals surface area contributed by atoms with Crippen molar-refractivity contribution in [3.63, 3.8) is 0 Å². The molecule has 4 nitrogen and oxygen atoms in total. The van der Waals surface area contributed by atoms with Gasteiger partial charge in [-0.2, -0.15) is 5.26 Å². The molecule has 0 saturated heterocycles. The van der Waals surface area contributed by atoms with Crippen LogP contribution in [0.25, 0.3) is 11.3 Å². The van der Waals surface area contributed by atoms with Crippen molar-refractivity contribution in [1.82, 2.24) is 4.57 Å². The molecule has 0 aliphatic heterocycles. The number of benzene rings is 1. The van der Waals surface area contributed by atoms with Crippen molar-refractivity contribution in [3.8, 4) is 23.1 Å². The van der Waals surface area contributed by atoms with Gasteiger partial charge < -0.3 is 9.30 Å². The Morgan fingerprint density at radius 1 is 1.14 bits per heavy atom. The molecule has 0 amide bonds. The Morgan fingerprint density at radius 2 is 1.91 bits per heavy atom. The van der Waals surface area contributed by atoms with Gasteiger partial charge in [0.25, 0.3) is 5.56 Å². The molecule has 0 aliphatic carbocycles. The van der Waals surface area contributed by atoms with Crippen LogP contribution in [0.4, 0.5) is 0 Å². The largest absolute Gasteiger partial charge is 0.493 e. The number of aromatic nitrogens is 1. The molecule has 22 heavy (non-hydrogen) atoms. The second-order valence-electron chi connectivity index (χ2n) is 5.05. The van der Waals surface area contributed by atoms with Crippen LogP contribution >= 0.6 is 0 Å². The Morgan fingerprint density at radius 3 is 2.59 bits per heavy atom. The summed E-state index contributed by atoms with van der Waals surface area (Å²) in [5.74, 6) is 0.762. The molecule has 0 radical (unpaired) electrons. The molecular formula is C18H20N2O2. The SMILES string of the molecule is CCCOc1ccccc1-c1ccc(C#N)c(=O)n1CCC. The first-order valence-corrected chi connectivity index (χ1v) is 7.59. The maximum atomic E-state index is 12.4. The molecular weight excluding hydrogens is 276 g/mol. The van der Waals surface area contributed by atoms with Gasteiger partial charge in [-0.25, -0.2) is 0 Å². The maximum absolute atomic E-state index is 12.4. The second-order valence-corrected chi connectivity index (χ2v) is 5.05. The van der Waals surface area contributed by atoms with Crippen molar-refractivity contribution in [2.24, 2.45) is 0 Å². The van der Waals surface area contributed by atoms with Crippen molar-refractivity contribution < 1.29 is 4.74 Å². The Labute approximate surface area is 130 Å². The zero-order valence-electron chi connectivity index (χ0n) is 13.0. The van der Waals surface area contributed by atoms with E-state index in [0.29, 0.717) is 13.2 Å². The Bertz CT molecular complexity index is 741. The molecule has 4 heteroatoms. The summed E-state index contributed by atoms with van der Waals surface area (Å²) in [7, 11) is 0. The smallest absolute Gasteiger partial charge is 0.268 e. The van der Waals surface area contributed by atoms with Crippen LogP contribution in [-0.2, 0) is 6.54 Å². The lowest BCUT2D eigenvalue weighted by Crippen LogP contribution is -2.24.